The van der Waals surface area contributed by atoms with Gasteiger partial charge >= 0.3 is 0 Å². The summed E-state index contributed by atoms with van der Waals surface area (Å²) in [6.45, 7) is 4.33. The van der Waals surface area contributed by atoms with Gasteiger partial charge in [-0.1, -0.05) is 44.2 Å². The summed E-state index contributed by atoms with van der Waals surface area (Å²) in [5.41, 5.74) is 0.881. The lowest BCUT2D eigenvalue weighted by molar-refractivity contribution is -0.125. The summed E-state index contributed by atoms with van der Waals surface area (Å²) in [7, 11) is 0. The minimum Gasteiger partial charge on any atom is -0.343 e. The molecule has 0 aliphatic heterocycles. The van der Waals surface area contributed by atoms with E-state index in [1.807, 2.05) is 18.2 Å². The molecule has 1 amide bonds. The fraction of sp³-hybridized carbons (Fsp3) is 0.500. The molecule has 1 aliphatic carbocycles. The van der Waals surface area contributed by atoms with E-state index in [0.717, 1.165) is 25.1 Å². The molecule has 1 saturated carbocycles. The van der Waals surface area contributed by atoms with Gasteiger partial charge in [0.2, 0.25) is 5.91 Å². The van der Waals surface area contributed by atoms with Crippen LogP contribution in [0.3, 0.4) is 0 Å². The first-order valence-corrected chi connectivity index (χ1v) is 8.32. The number of H-pyrrole nitrogens is 1. The summed E-state index contributed by atoms with van der Waals surface area (Å²) in [5.74, 6) is 1.50. The topological polar surface area (TPSA) is 70.7 Å². The van der Waals surface area contributed by atoms with Gasteiger partial charge in [-0.25, -0.2) is 4.98 Å². The monoisotopic (exact) mass is 312 g/mol. The second-order valence-corrected chi connectivity index (χ2v) is 6.78. The van der Waals surface area contributed by atoms with Gasteiger partial charge in [0.05, 0.1) is 5.54 Å². The number of hydrogen-bond acceptors (Lipinski definition) is 3. The lowest BCUT2D eigenvalue weighted by atomic mass is 9.75. The van der Waals surface area contributed by atoms with E-state index in [-0.39, 0.29) is 17.4 Å². The molecule has 1 unspecified atom stereocenters. The van der Waals surface area contributed by atoms with Crippen molar-refractivity contribution in [2.24, 2.45) is 5.92 Å². The Kier molecular flexibility index (Phi) is 4.46. The van der Waals surface area contributed by atoms with Crippen LogP contribution < -0.4 is 5.32 Å². The largest absolute Gasteiger partial charge is 0.343 e. The van der Waals surface area contributed by atoms with Crippen LogP contribution in [-0.4, -0.2) is 21.1 Å². The Balaban J connectivity index is 1.70. The van der Waals surface area contributed by atoms with E-state index in [2.05, 4.69) is 46.5 Å². The van der Waals surface area contributed by atoms with E-state index in [4.69, 9.17) is 0 Å². The van der Waals surface area contributed by atoms with Crippen molar-refractivity contribution >= 4 is 5.91 Å². The Morgan fingerprint density at radius 1 is 1.30 bits per heavy atom. The first kappa shape index (κ1) is 15.7. The van der Waals surface area contributed by atoms with Crippen LogP contribution in [0.2, 0.25) is 0 Å². The zero-order valence-corrected chi connectivity index (χ0v) is 13.7. The number of benzene rings is 1. The smallest absolute Gasteiger partial charge is 0.221 e. The predicted molar refractivity (Wildman–Crippen MR) is 88.7 cm³/mol. The van der Waals surface area contributed by atoms with Crippen molar-refractivity contribution in [2.45, 2.75) is 51.0 Å². The molecule has 1 aromatic carbocycles. The zero-order chi connectivity index (χ0) is 16.3. The van der Waals surface area contributed by atoms with Gasteiger partial charge in [-0.05, 0) is 36.7 Å². The molecule has 1 atom stereocenters. The van der Waals surface area contributed by atoms with Gasteiger partial charge in [0.15, 0.2) is 0 Å². The lowest BCUT2D eigenvalue weighted by Gasteiger charge is -2.40. The summed E-state index contributed by atoms with van der Waals surface area (Å²) >= 11 is 0. The molecule has 0 saturated heterocycles. The highest BCUT2D eigenvalue weighted by Gasteiger charge is 2.42. The van der Waals surface area contributed by atoms with Crippen LogP contribution in [-0.2, 0) is 10.3 Å². The van der Waals surface area contributed by atoms with E-state index in [1.54, 1.807) is 0 Å². The molecule has 2 N–H and O–H groups in total. The molecule has 5 heteroatoms. The number of nitrogens with zero attached hydrogens (tertiary/aromatic N) is 2. The van der Waals surface area contributed by atoms with Gasteiger partial charge < -0.3 is 5.32 Å². The number of carbonyl (C=O) groups is 1. The zero-order valence-electron chi connectivity index (χ0n) is 13.7. The van der Waals surface area contributed by atoms with E-state index < -0.39 is 0 Å². The first-order chi connectivity index (χ1) is 11.1. The maximum atomic E-state index is 12.7. The van der Waals surface area contributed by atoms with Crippen molar-refractivity contribution in [3.63, 3.8) is 0 Å². The summed E-state index contributed by atoms with van der Waals surface area (Å²) in [5, 5.41) is 10.1. The maximum Gasteiger partial charge on any atom is 0.221 e. The molecule has 122 valence electrons. The fourth-order valence-electron chi connectivity index (χ4n) is 3.34. The van der Waals surface area contributed by atoms with E-state index >= 15 is 0 Å². The third kappa shape index (κ3) is 3.28. The van der Waals surface area contributed by atoms with Crippen molar-refractivity contribution in [2.75, 3.05) is 0 Å². The van der Waals surface area contributed by atoms with Crippen LogP contribution in [0, 0.1) is 5.92 Å². The highest BCUT2D eigenvalue weighted by Crippen LogP contribution is 2.39. The Labute approximate surface area is 136 Å². The molecular weight excluding hydrogens is 288 g/mol. The van der Waals surface area contributed by atoms with Crippen LogP contribution in [0.25, 0.3) is 0 Å². The molecule has 1 aliphatic rings. The average Bonchev–Trinajstić information content (AvgIpc) is 3.03. The van der Waals surface area contributed by atoms with Crippen molar-refractivity contribution in [3.05, 3.63) is 48.0 Å². The molecule has 0 spiro atoms. The number of rotatable bonds is 6. The molecule has 2 aromatic rings. The molecule has 1 fully saturated rings. The number of carbonyl (C=O) groups excluding carboxylic acids is 1. The summed E-state index contributed by atoms with van der Waals surface area (Å²) in [6.07, 6.45) is 4.95. The van der Waals surface area contributed by atoms with Gasteiger partial charge in [0.25, 0.3) is 0 Å². The highest BCUT2D eigenvalue weighted by molar-refractivity contribution is 5.78. The minimum absolute atomic E-state index is 0.0867. The van der Waals surface area contributed by atoms with Gasteiger partial charge in [0, 0.05) is 6.42 Å². The molecule has 3 rings (SSSR count). The number of aromatic amines is 1. The first-order valence-electron chi connectivity index (χ1n) is 8.32. The number of hydrogen-bond donors (Lipinski definition) is 2. The fourth-order valence-corrected chi connectivity index (χ4v) is 3.34. The summed E-state index contributed by atoms with van der Waals surface area (Å²) in [6, 6.07) is 10.3. The average molecular weight is 312 g/mol. The second kappa shape index (κ2) is 6.52. The van der Waals surface area contributed by atoms with Crippen LogP contribution >= 0.6 is 0 Å². The maximum absolute atomic E-state index is 12.7. The normalized spacial score (nSPS) is 17.5. The quantitative estimate of drug-likeness (QED) is 0.861. The molecule has 23 heavy (non-hydrogen) atoms. The Hall–Kier alpha value is -2.17. The summed E-state index contributed by atoms with van der Waals surface area (Å²) in [4.78, 5) is 16.9. The van der Waals surface area contributed by atoms with Crippen molar-refractivity contribution < 1.29 is 4.79 Å². The number of amides is 1. The van der Waals surface area contributed by atoms with Crippen molar-refractivity contribution in [1.82, 2.24) is 20.5 Å². The standard InChI is InChI=1S/C18H24N4O/c1-13(2)15(14-7-4-3-5-8-14)11-16(23)21-18(9-6-10-18)17-19-12-20-22-17/h3-5,7-8,12-13,15H,6,9-11H2,1-2H3,(H,21,23)(H,19,20,22). The minimum atomic E-state index is -0.341. The molecule has 1 heterocycles. The van der Waals surface area contributed by atoms with Crippen LogP contribution in [0.15, 0.2) is 36.7 Å². The number of aromatic nitrogens is 3. The molecular formula is C18H24N4O. The van der Waals surface area contributed by atoms with Crippen LogP contribution in [0.1, 0.15) is 56.8 Å². The van der Waals surface area contributed by atoms with E-state index in [1.165, 1.54) is 11.9 Å². The summed E-state index contributed by atoms with van der Waals surface area (Å²) < 4.78 is 0. The SMILES string of the molecule is CC(C)C(CC(=O)NC1(c2ncn[nH]2)CCC1)c1ccccc1. The second-order valence-electron chi connectivity index (χ2n) is 6.78. The molecule has 0 radical (unpaired) electrons. The molecule has 0 bridgehead atoms. The van der Waals surface area contributed by atoms with Crippen LogP contribution in [0.5, 0.6) is 0 Å². The Bertz CT molecular complexity index is 632. The lowest BCUT2D eigenvalue weighted by Crippen LogP contribution is -2.51. The molecule has 1 aromatic heterocycles. The van der Waals surface area contributed by atoms with Gasteiger partial charge in [-0.3, -0.25) is 9.89 Å². The Morgan fingerprint density at radius 3 is 2.57 bits per heavy atom. The highest BCUT2D eigenvalue weighted by atomic mass is 16.1. The van der Waals surface area contributed by atoms with Crippen molar-refractivity contribution in [3.8, 4) is 0 Å². The molecule has 5 nitrogen and oxygen atoms in total. The van der Waals surface area contributed by atoms with Gasteiger partial charge in [-0.2, -0.15) is 5.10 Å². The number of nitrogens with one attached hydrogen (secondary N) is 2. The third-order valence-electron chi connectivity index (χ3n) is 4.89. The predicted octanol–water partition coefficient (Wildman–Crippen LogP) is 3.13. The van der Waals surface area contributed by atoms with Gasteiger partial charge in [0.1, 0.15) is 12.2 Å². The van der Waals surface area contributed by atoms with E-state index in [9.17, 15) is 4.79 Å². The third-order valence-corrected chi connectivity index (χ3v) is 4.89. The van der Waals surface area contributed by atoms with Crippen molar-refractivity contribution in [1.29, 1.82) is 0 Å². The van der Waals surface area contributed by atoms with Gasteiger partial charge in [-0.15, -0.1) is 0 Å². The van der Waals surface area contributed by atoms with Crippen LogP contribution in [0.4, 0.5) is 0 Å². The Morgan fingerprint density at radius 2 is 2.04 bits per heavy atom. The van der Waals surface area contributed by atoms with E-state index in [0.29, 0.717) is 12.3 Å².